The molecule has 6 nitrogen and oxygen atoms in total. The first-order chi connectivity index (χ1) is 11.2. The summed E-state index contributed by atoms with van der Waals surface area (Å²) in [6, 6.07) is 3.74. The molecular formula is C16H24IN5OS. The van der Waals surface area contributed by atoms with E-state index >= 15 is 0 Å². The van der Waals surface area contributed by atoms with Gasteiger partial charge in [0.25, 0.3) is 0 Å². The van der Waals surface area contributed by atoms with Gasteiger partial charge in [0.1, 0.15) is 12.4 Å². The number of pyridine rings is 1. The summed E-state index contributed by atoms with van der Waals surface area (Å²) in [5.41, 5.74) is 1.06. The highest BCUT2D eigenvalue weighted by atomic mass is 127. The minimum absolute atomic E-state index is 0. The van der Waals surface area contributed by atoms with Crippen LogP contribution in [0.15, 0.2) is 34.9 Å². The molecule has 0 aliphatic rings. The van der Waals surface area contributed by atoms with Crippen LogP contribution in [0.4, 0.5) is 0 Å². The maximum Gasteiger partial charge on any atom is 0.194 e. The summed E-state index contributed by atoms with van der Waals surface area (Å²) >= 11 is 1.67. The molecule has 1 N–H and O–H groups in total. The minimum atomic E-state index is 0. The molecule has 0 fully saturated rings. The number of hydrogen-bond donors (Lipinski definition) is 1. The van der Waals surface area contributed by atoms with Crippen molar-refractivity contribution < 1.29 is 4.74 Å². The first-order valence-electron chi connectivity index (χ1n) is 7.62. The summed E-state index contributed by atoms with van der Waals surface area (Å²) in [5, 5.41) is 6.46. The second kappa shape index (κ2) is 11.2. The predicted molar refractivity (Wildman–Crippen MR) is 109 cm³/mol. The van der Waals surface area contributed by atoms with Gasteiger partial charge < -0.3 is 15.0 Å². The van der Waals surface area contributed by atoms with E-state index in [0.717, 1.165) is 35.5 Å². The van der Waals surface area contributed by atoms with Crippen molar-refractivity contribution in [2.45, 2.75) is 20.4 Å². The fraction of sp³-hybridized carbons (Fsp3) is 0.438. The Balaban J connectivity index is 0.00000288. The Hall–Kier alpha value is -1.42. The van der Waals surface area contributed by atoms with Crippen LogP contribution in [0.1, 0.15) is 17.6 Å². The van der Waals surface area contributed by atoms with Gasteiger partial charge in [-0.2, -0.15) is 0 Å². The zero-order chi connectivity index (χ0) is 16.5. The van der Waals surface area contributed by atoms with Crippen LogP contribution in [0.2, 0.25) is 0 Å². The molecular weight excluding hydrogens is 437 g/mol. The van der Waals surface area contributed by atoms with E-state index in [0.29, 0.717) is 13.2 Å². The van der Waals surface area contributed by atoms with E-state index < -0.39 is 0 Å². The maximum absolute atomic E-state index is 5.61. The minimum Gasteiger partial charge on any atom is -0.490 e. The number of halogens is 1. The number of hydrogen-bond acceptors (Lipinski definition) is 5. The molecule has 24 heavy (non-hydrogen) atoms. The lowest BCUT2D eigenvalue weighted by atomic mass is 10.4. The maximum atomic E-state index is 5.61. The van der Waals surface area contributed by atoms with Crippen molar-refractivity contribution >= 4 is 41.3 Å². The molecule has 0 unspecified atom stereocenters. The summed E-state index contributed by atoms with van der Waals surface area (Å²) in [4.78, 5) is 15.2. The molecule has 0 atom stereocenters. The van der Waals surface area contributed by atoms with E-state index in [2.05, 4.69) is 37.5 Å². The topological polar surface area (TPSA) is 62.6 Å². The summed E-state index contributed by atoms with van der Waals surface area (Å²) in [6.45, 7) is 6.73. The van der Waals surface area contributed by atoms with Gasteiger partial charge in [-0.3, -0.25) is 4.98 Å². The van der Waals surface area contributed by atoms with E-state index in [1.807, 2.05) is 26.1 Å². The molecule has 0 spiro atoms. The van der Waals surface area contributed by atoms with Gasteiger partial charge in [0.15, 0.2) is 5.96 Å². The highest BCUT2D eigenvalue weighted by Gasteiger charge is 2.08. The molecule has 0 saturated carbocycles. The van der Waals surface area contributed by atoms with Crippen LogP contribution in [0.3, 0.4) is 0 Å². The smallest absolute Gasteiger partial charge is 0.194 e. The monoisotopic (exact) mass is 461 g/mol. The lowest BCUT2D eigenvalue weighted by molar-refractivity contribution is 0.326. The van der Waals surface area contributed by atoms with Gasteiger partial charge >= 0.3 is 0 Å². The molecule has 2 aromatic heterocycles. The zero-order valence-corrected chi connectivity index (χ0v) is 17.4. The van der Waals surface area contributed by atoms with E-state index in [1.165, 1.54) is 0 Å². The summed E-state index contributed by atoms with van der Waals surface area (Å²) in [7, 11) is 2.01. The normalized spacial score (nSPS) is 10.9. The van der Waals surface area contributed by atoms with Crippen LogP contribution >= 0.6 is 35.3 Å². The lowest BCUT2D eigenvalue weighted by Crippen LogP contribution is -2.38. The second-order valence-electron chi connectivity index (χ2n) is 4.99. The molecule has 0 saturated heterocycles. The van der Waals surface area contributed by atoms with Crippen molar-refractivity contribution in [1.29, 1.82) is 0 Å². The van der Waals surface area contributed by atoms with E-state index in [-0.39, 0.29) is 24.0 Å². The first-order valence-corrected chi connectivity index (χ1v) is 8.50. The van der Waals surface area contributed by atoms with Crippen molar-refractivity contribution in [2.75, 3.05) is 26.7 Å². The van der Waals surface area contributed by atoms with Crippen LogP contribution in [0.25, 0.3) is 0 Å². The van der Waals surface area contributed by atoms with Gasteiger partial charge in [-0.05, 0) is 26.0 Å². The largest absolute Gasteiger partial charge is 0.490 e. The number of guanidine groups is 1. The molecule has 2 aromatic rings. The Kier molecular flexibility index (Phi) is 9.62. The molecule has 0 radical (unpaired) electrons. The fourth-order valence-electron chi connectivity index (χ4n) is 2.02. The van der Waals surface area contributed by atoms with Gasteiger partial charge in [0.05, 0.1) is 30.0 Å². The second-order valence-corrected chi connectivity index (χ2v) is 6.05. The van der Waals surface area contributed by atoms with Gasteiger partial charge in [-0.25, -0.2) is 9.98 Å². The molecule has 0 amide bonds. The van der Waals surface area contributed by atoms with Gasteiger partial charge in [-0.1, -0.05) is 0 Å². The quantitative estimate of drug-likeness (QED) is 0.298. The van der Waals surface area contributed by atoms with Crippen molar-refractivity contribution in [3.63, 3.8) is 0 Å². The summed E-state index contributed by atoms with van der Waals surface area (Å²) < 4.78 is 5.61. The van der Waals surface area contributed by atoms with Crippen LogP contribution in [0, 0.1) is 6.92 Å². The Morgan fingerprint density at radius 2 is 2.29 bits per heavy atom. The summed E-state index contributed by atoms with van der Waals surface area (Å²) in [5.74, 6) is 1.62. The predicted octanol–water partition coefficient (Wildman–Crippen LogP) is 2.94. The van der Waals surface area contributed by atoms with E-state index in [1.54, 1.807) is 23.7 Å². The average molecular weight is 461 g/mol. The van der Waals surface area contributed by atoms with Gasteiger partial charge in [0, 0.05) is 25.2 Å². The molecule has 8 heteroatoms. The number of nitrogens with one attached hydrogen (secondary N) is 1. The molecule has 0 aliphatic heterocycles. The first kappa shape index (κ1) is 20.6. The van der Waals surface area contributed by atoms with Crippen LogP contribution in [0.5, 0.6) is 5.75 Å². The van der Waals surface area contributed by atoms with Crippen molar-refractivity contribution in [3.8, 4) is 5.75 Å². The highest BCUT2D eigenvalue weighted by molar-refractivity contribution is 14.0. The van der Waals surface area contributed by atoms with Gasteiger partial charge in [0.2, 0.25) is 0 Å². The van der Waals surface area contributed by atoms with Gasteiger partial charge in [-0.15, -0.1) is 35.3 Å². The van der Waals surface area contributed by atoms with Crippen LogP contribution in [-0.4, -0.2) is 47.6 Å². The van der Waals surface area contributed by atoms with E-state index in [4.69, 9.17) is 4.74 Å². The number of rotatable bonds is 7. The molecule has 0 aliphatic carbocycles. The number of aromatic nitrogens is 2. The van der Waals surface area contributed by atoms with Crippen molar-refractivity contribution in [1.82, 2.24) is 20.2 Å². The fourth-order valence-corrected chi connectivity index (χ4v) is 2.62. The Bertz CT molecular complexity index is 620. The standard InChI is InChI=1S/C16H23N5OS.HI/c1-4-18-16(21(3)11-14-12-23-13(2)20-14)19-8-9-22-15-6-5-7-17-10-15;/h5-7,10,12H,4,8-9,11H2,1-3H3,(H,18,19);1H. The Morgan fingerprint density at radius 3 is 2.92 bits per heavy atom. The van der Waals surface area contributed by atoms with Crippen LogP contribution < -0.4 is 10.1 Å². The summed E-state index contributed by atoms with van der Waals surface area (Å²) in [6.07, 6.45) is 3.43. The third kappa shape index (κ3) is 7.00. The van der Waals surface area contributed by atoms with Crippen LogP contribution in [-0.2, 0) is 6.54 Å². The third-order valence-electron chi connectivity index (χ3n) is 3.02. The molecule has 2 rings (SSSR count). The molecule has 0 bridgehead atoms. The third-order valence-corrected chi connectivity index (χ3v) is 3.84. The molecule has 0 aromatic carbocycles. The zero-order valence-electron chi connectivity index (χ0n) is 14.2. The van der Waals surface area contributed by atoms with E-state index in [9.17, 15) is 0 Å². The van der Waals surface area contributed by atoms with Crippen molar-refractivity contribution in [2.24, 2.45) is 4.99 Å². The lowest BCUT2D eigenvalue weighted by Gasteiger charge is -2.21. The number of ether oxygens (including phenoxy) is 1. The molecule has 2 heterocycles. The Labute approximate surface area is 164 Å². The number of nitrogens with zero attached hydrogens (tertiary/aromatic N) is 4. The Morgan fingerprint density at radius 1 is 1.46 bits per heavy atom. The molecule has 132 valence electrons. The number of aliphatic imine (C=N–C) groups is 1. The average Bonchev–Trinajstić information content (AvgIpc) is 2.96. The number of thiazole rings is 1. The van der Waals surface area contributed by atoms with Crippen molar-refractivity contribution in [3.05, 3.63) is 40.6 Å². The SMILES string of the molecule is CCNC(=NCCOc1cccnc1)N(C)Cc1csc(C)n1.I. The number of aryl methyl sites for hydroxylation is 1. The highest BCUT2D eigenvalue weighted by Crippen LogP contribution is 2.10.